The highest BCUT2D eigenvalue weighted by atomic mass is 127. The van der Waals surface area contributed by atoms with Gasteiger partial charge in [0.25, 0.3) is 0 Å². The third-order valence-corrected chi connectivity index (χ3v) is 2.43. The summed E-state index contributed by atoms with van der Waals surface area (Å²) in [5, 5.41) is 14.9. The molecule has 196 valence electrons. The number of ether oxygens (including phenoxy) is 1. The summed E-state index contributed by atoms with van der Waals surface area (Å²) in [5.41, 5.74) is 0. The smallest absolute Gasteiger partial charge is 0.419 e. The number of carbonyl (C=O) groups is 2. The molecule has 0 spiro atoms. The van der Waals surface area contributed by atoms with Crippen molar-refractivity contribution in [2.75, 3.05) is 15.6 Å². The number of nitrogens with zero attached hydrogens (tertiary/aromatic N) is 7. The molecular weight excluding hydrogens is 1020 g/mol. The van der Waals surface area contributed by atoms with Crippen molar-refractivity contribution in [3.63, 3.8) is 0 Å². The number of alkyl halides is 5. The lowest BCUT2D eigenvalue weighted by Gasteiger charge is -1.98. The molecule has 0 saturated carbocycles. The predicted molar refractivity (Wildman–Crippen MR) is 178 cm³/mol. The quantitative estimate of drug-likeness (QED) is 0.218. The maximum Gasteiger partial charge on any atom is 0.419 e. The van der Waals surface area contributed by atoms with Crippen molar-refractivity contribution >= 4 is 125 Å². The molecule has 3 heterocycles. The zero-order valence-corrected chi connectivity index (χ0v) is 29.9. The molecule has 0 aromatic carbocycles. The molecular formula is C19H26I5N7O4. The lowest BCUT2D eigenvalue weighted by Crippen LogP contribution is -2.15. The monoisotopic (exact) mass is 1050 g/mol. The van der Waals surface area contributed by atoms with Crippen LogP contribution in [0.2, 0.25) is 0 Å². The highest BCUT2D eigenvalue weighted by Crippen LogP contribution is 2.16. The minimum Gasteiger partial charge on any atom is -0.449 e. The van der Waals surface area contributed by atoms with E-state index in [2.05, 4.69) is 133 Å². The minimum atomic E-state index is -0.389. The molecule has 16 heteroatoms. The first-order valence-electron chi connectivity index (χ1n) is 9.31. The highest BCUT2D eigenvalue weighted by Gasteiger charge is 2.04. The van der Waals surface area contributed by atoms with E-state index in [1.807, 2.05) is 0 Å². The van der Waals surface area contributed by atoms with Gasteiger partial charge in [0.15, 0.2) is 0 Å². The molecule has 0 unspecified atom stereocenters. The number of halogens is 5. The fourth-order valence-corrected chi connectivity index (χ4v) is 1.44. The van der Waals surface area contributed by atoms with Gasteiger partial charge in [0.1, 0.15) is 18.9 Å². The first-order valence-corrected chi connectivity index (χ1v) is 16.1. The molecule has 0 aliphatic rings. The van der Waals surface area contributed by atoms with Gasteiger partial charge in [-0.1, -0.05) is 113 Å². The maximum absolute atomic E-state index is 11.4. The molecule has 3 aromatic rings. The fourth-order valence-electron chi connectivity index (χ4n) is 1.44. The predicted octanol–water partition coefficient (Wildman–Crippen LogP) is 6.40. The summed E-state index contributed by atoms with van der Waals surface area (Å²) in [6.45, 7) is 5.51. The van der Waals surface area contributed by atoms with Crippen molar-refractivity contribution in [1.82, 2.24) is 28.7 Å². The number of aliphatic hydroxyl groups excluding tert-OH is 1. The van der Waals surface area contributed by atoms with E-state index in [1.165, 1.54) is 54.4 Å². The van der Waals surface area contributed by atoms with Crippen molar-refractivity contribution in [3.8, 4) is 6.07 Å². The van der Waals surface area contributed by atoms with Crippen molar-refractivity contribution in [2.45, 2.75) is 20.7 Å². The number of hydrogen-bond acceptors (Lipinski definition) is 8. The third kappa shape index (κ3) is 26.7. The van der Waals surface area contributed by atoms with Crippen LogP contribution in [0, 0.1) is 11.3 Å². The van der Waals surface area contributed by atoms with Gasteiger partial charge in [0.05, 0.1) is 15.1 Å². The van der Waals surface area contributed by atoms with E-state index >= 15 is 0 Å². The van der Waals surface area contributed by atoms with E-state index in [0.29, 0.717) is 6.61 Å². The molecule has 3 rings (SSSR count). The highest BCUT2D eigenvalue weighted by molar-refractivity contribution is 14.3. The van der Waals surface area contributed by atoms with Gasteiger partial charge in [-0.3, -0.25) is 9.13 Å². The summed E-state index contributed by atoms with van der Waals surface area (Å²) in [5.74, 6) is 0. The second-order valence-electron chi connectivity index (χ2n) is 4.78. The second kappa shape index (κ2) is 30.1. The molecule has 1 N–H and O–H groups in total. The van der Waals surface area contributed by atoms with Crippen molar-refractivity contribution < 1.29 is 19.4 Å². The normalized spacial score (nSPS) is 8.37. The molecule has 0 aliphatic carbocycles. The number of aromatic nitrogens is 6. The van der Waals surface area contributed by atoms with Crippen molar-refractivity contribution in [1.29, 1.82) is 5.26 Å². The Morgan fingerprint density at radius 2 is 1.23 bits per heavy atom. The Labute approximate surface area is 273 Å². The third-order valence-electron chi connectivity index (χ3n) is 2.43. The topological polar surface area (TPSA) is 141 Å². The van der Waals surface area contributed by atoms with E-state index in [9.17, 15) is 9.59 Å². The van der Waals surface area contributed by atoms with Crippen molar-refractivity contribution in [3.05, 3.63) is 56.2 Å². The van der Waals surface area contributed by atoms with Gasteiger partial charge >= 0.3 is 12.1 Å². The largest absolute Gasteiger partial charge is 0.449 e. The molecule has 35 heavy (non-hydrogen) atoms. The van der Waals surface area contributed by atoms with Crippen LogP contribution in [0.3, 0.4) is 0 Å². The number of rotatable bonds is 1. The summed E-state index contributed by atoms with van der Waals surface area (Å²) >= 11 is 11.5. The first-order chi connectivity index (χ1) is 16.7. The zero-order chi connectivity index (χ0) is 27.5. The molecule has 0 aliphatic heterocycles. The number of imidazole rings is 3. The van der Waals surface area contributed by atoms with Crippen LogP contribution < -0.4 is 0 Å². The van der Waals surface area contributed by atoms with E-state index < -0.39 is 0 Å². The lowest BCUT2D eigenvalue weighted by atomic mass is 10.8. The Morgan fingerprint density at radius 3 is 1.46 bits per heavy atom. The molecule has 0 bridgehead atoms. The number of hydrogen-bond donors (Lipinski definition) is 1. The Morgan fingerprint density at radius 1 is 0.943 bits per heavy atom. The summed E-state index contributed by atoms with van der Waals surface area (Å²) < 4.78 is 10.6. The van der Waals surface area contributed by atoms with Crippen LogP contribution in [0.15, 0.2) is 56.2 Å². The number of carbonyl (C=O) groups excluding carboxylic acids is 2. The minimum absolute atomic E-state index is 0.190. The lowest BCUT2D eigenvalue weighted by molar-refractivity contribution is 0.154. The molecule has 0 amide bonds. The summed E-state index contributed by atoms with van der Waals surface area (Å²) in [6, 6.07) is 1.56. The van der Waals surface area contributed by atoms with Gasteiger partial charge in [-0.15, -0.1) is 0 Å². The van der Waals surface area contributed by atoms with Gasteiger partial charge in [0.2, 0.25) is 0 Å². The zero-order valence-electron chi connectivity index (χ0n) is 19.1. The average molecular weight is 1050 g/mol. The van der Waals surface area contributed by atoms with Crippen LogP contribution in [-0.2, 0) is 4.74 Å². The van der Waals surface area contributed by atoms with E-state index in [1.54, 1.807) is 44.7 Å². The summed E-state index contributed by atoms with van der Waals surface area (Å²) in [4.78, 5) is 33.4. The van der Waals surface area contributed by atoms with E-state index in [0.717, 1.165) is -0.0619 Å². The molecule has 0 saturated heterocycles. The number of nitriles is 1. The van der Waals surface area contributed by atoms with Crippen LogP contribution in [0.5, 0.6) is 0 Å². The van der Waals surface area contributed by atoms with Crippen LogP contribution in [0.1, 0.15) is 20.8 Å². The fraction of sp³-hybridized carbons (Fsp3) is 0.368. The van der Waals surface area contributed by atoms with Crippen LogP contribution in [-0.4, -0.2) is 61.5 Å². The van der Waals surface area contributed by atoms with E-state index in [4.69, 9.17) is 10.4 Å². The van der Waals surface area contributed by atoms with Crippen LogP contribution >= 0.6 is 113 Å². The first kappa shape index (κ1) is 39.4. The SMILES string of the molecule is CC#N.CCO.CCOC(=O)n1ccnc1.IC(I)I.ICI.O=C(n1ccnc1)n1ccnc1. The van der Waals surface area contributed by atoms with E-state index in [-0.39, 0.29) is 18.7 Å². The van der Waals surface area contributed by atoms with Gasteiger partial charge in [-0.05, 0) is 13.8 Å². The molecule has 3 aromatic heterocycles. The molecule has 0 radical (unpaired) electrons. The van der Waals surface area contributed by atoms with Crippen LogP contribution in [0.4, 0.5) is 9.59 Å². The molecule has 0 fully saturated rings. The average Bonchev–Trinajstić information content (AvgIpc) is 3.60. The Balaban J connectivity index is -0.000000400. The molecule has 0 atom stereocenters. The Kier molecular flexibility index (Phi) is 33.9. The van der Waals surface area contributed by atoms with Crippen molar-refractivity contribution in [2.24, 2.45) is 0 Å². The standard InChI is InChI=1S/C7H6N4O.C6H8N2O2.C2H3N.C2H6O.CHI3.CH2I2/c12-7(10-3-1-8-5-10)11-4-2-9-6-11;1-2-10-6(9)8-4-3-7-5-8;2*1-2-3;2-1(3)4;2-1-3/h1-6H;3-5H,2H2,1H3;1H3;3H,2H2,1H3;1H;1H2. The van der Waals surface area contributed by atoms with Gasteiger partial charge < -0.3 is 9.84 Å². The second-order valence-corrected chi connectivity index (χ2v) is 20.1. The van der Waals surface area contributed by atoms with Crippen LogP contribution in [0.25, 0.3) is 0 Å². The Hall–Kier alpha value is -0.130. The van der Waals surface area contributed by atoms with Gasteiger partial charge in [-0.25, -0.2) is 29.1 Å². The van der Waals surface area contributed by atoms with Gasteiger partial charge in [-0.2, -0.15) is 5.26 Å². The van der Waals surface area contributed by atoms with Gasteiger partial charge in [0, 0.05) is 50.7 Å². The Bertz CT molecular complexity index is 831. The molecule has 11 nitrogen and oxygen atoms in total. The maximum atomic E-state index is 11.4. The summed E-state index contributed by atoms with van der Waals surface area (Å²) in [6.07, 6.45) is 13.2. The summed E-state index contributed by atoms with van der Waals surface area (Å²) in [7, 11) is 0. The number of aliphatic hydroxyl groups is 1.